The molecule has 8 rings (SSSR count). The fraction of sp³-hybridized carbons (Fsp3) is 0.125. The summed E-state index contributed by atoms with van der Waals surface area (Å²) in [6.45, 7) is 6.96. The van der Waals surface area contributed by atoms with Crippen molar-refractivity contribution in [2.75, 3.05) is 0 Å². The minimum Gasteiger partial charge on any atom is -0.0610 e. The van der Waals surface area contributed by atoms with Crippen LogP contribution in [0, 0.1) is 6.92 Å². The van der Waals surface area contributed by atoms with Gasteiger partial charge in [0.25, 0.3) is 0 Å². The molecule has 0 nitrogen and oxygen atoms in total. The second-order valence-electron chi connectivity index (χ2n) is 10.3. The summed E-state index contributed by atoms with van der Waals surface area (Å²) >= 11 is 0. The predicted octanol–water partition coefficient (Wildman–Crippen LogP) is 8.85. The number of hydrogen-bond donors (Lipinski definition) is 0. The average Bonchev–Trinajstić information content (AvgIpc) is 3.22. The van der Waals surface area contributed by atoms with Gasteiger partial charge in [0.2, 0.25) is 0 Å². The van der Waals surface area contributed by atoms with Gasteiger partial charge in [0, 0.05) is 5.41 Å². The van der Waals surface area contributed by atoms with Gasteiger partial charge in [-0.25, -0.2) is 0 Å². The molecular weight excluding hydrogens is 384 g/mol. The van der Waals surface area contributed by atoms with E-state index in [4.69, 9.17) is 0 Å². The van der Waals surface area contributed by atoms with E-state index in [9.17, 15) is 0 Å². The third-order valence-electron chi connectivity index (χ3n) is 8.18. The van der Waals surface area contributed by atoms with E-state index in [-0.39, 0.29) is 5.41 Å². The van der Waals surface area contributed by atoms with Gasteiger partial charge in [0.15, 0.2) is 0 Å². The molecule has 0 heteroatoms. The van der Waals surface area contributed by atoms with Crippen LogP contribution >= 0.6 is 0 Å². The third kappa shape index (κ3) is 1.79. The van der Waals surface area contributed by atoms with Crippen LogP contribution in [0.5, 0.6) is 0 Å². The summed E-state index contributed by atoms with van der Waals surface area (Å²) in [6.07, 6.45) is 0. The van der Waals surface area contributed by atoms with Crippen molar-refractivity contribution in [3.8, 4) is 33.4 Å². The van der Waals surface area contributed by atoms with Crippen LogP contribution in [0.15, 0.2) is 78.9 Å². The Kier molecular flexibility index (Phi) is 2.77. The smallest absolute Gasteiger partial charge is 0.0159 e. The number of rotatable bonds is 0. The van der Waals surface area contributed by atoms with E-state index in [1.54, 1.807) is 0 Å². The van der Waals surface area contributed by atoms with Crippen LogP contribution in [-0.4, -0.2) is 0 Å². The lowest BCUT2D eigenvalue weighted by Crippen LogP contribution is -2.15. The molecule has 2 aliphatic rings. The first-order valence-electron chi connectivity index (χ1n) is 11.5. The second kappa shape index (κ2) is 5.22. The van der Waals surface area contributed by atoms with E-state index in [0.717, 1.165) is 0 Å². The molecule has 0 aliphatic heterocycles. The zero-order valence-electron chi connectivity index (χ0n) is 18.5. The molecule has 0 bridgehead atoms. The highest BCUT2D eigenvalue weighted by atomic mass is 14.4. The van der Waals surface area contributed by atoms with E-state index in [1.165, 1.54) is 82.4 Å². The number of fused-ring (bicyclic) bond motifs is 6. The third-order valence-corrected chi connectivity index (χ3v) is 8.18. The lowest BCUT2D eigenvalue weighted by atomic mass is 9.81. The van der Waals surface area contributed by atoms with Crippen LogP contribution < -0.4 is 0 Å². The molecule has 6 aromatic rings. The summed E-state index contributed by atoms with van der Waals surface area (Å²) in [4.78, 5) is 0. The molecule has 0 atom stereocenters. The first kappa shape index (κ1) is 17.0. The molecule has 32 heavy (non-hydrogen) atoms. The lowest BCUT2D eigenvalue weighted by molar-refractivity contribution is 0.660. The number of hydrogen-bond acceptors (Lipinski definition) is 0. The fourth-order valence-corrected chi connectivity index (χ4v) is 6.64. The van der Waals surface area contributed by atoms with Gasteiger partial charge in [0.05, 0.1) is 0 Å². The number of aryl methyl sites for hydroxylation is 1. The Labute approximate surface area is 187 Å². The van der Waals surface area contributed by atoms with Crippen LogP contribution in [0.4, 0.5) is 0 Å². The Bertz CT molecular complexity index is 1800. The Hall–Kier alpha value is -3.64. The first-order chi connectivity index (χ1) is 15.5. The summed E-state index contributed by atoms with van der Waals surface area (Å²) in [5, 5.41) is 8.30. The molecule has 2 aliphatic carbocycles. The van der Waals surface area contributed by atoms with E-state index < -0.39 is 0 Å². The first-order valence-corrected chi connectivity index (χ1v) is 11.5. The van der Waals surface area contributed by atoms with Crippen molar-refractivity contribution in [3.05, 3.63) is 95.6 Å². The van der Waals surface area contributed by atoms with Crippen molar-refractivity contribution >= 4 is 32.3 Å². The van der Waals surface area contributed by atoms with Gasteiger partial charge in [-0.05, 0) is 102 Å². The van der Waals surface area contributed by atoms with Crippen molar-refractivity contribution in [2.45, 2.75) is 26.2 Å². The predicted molar refractivity (Wildman–Crippen MR) is 137 cm³/mol. The normalized spacial score (nSPS) is 15.0. The largest absolute Gasteiger partial charge is 0.0610 e. The molecule has 0 radical (unpaired) electrons. The SMILES string of the molecule is Cc1ccc2c(c1)-c1cc3c(cc1C2(C)C)-c1ccc2ccc4cccc5cc-3c1c2c45. The van der Waals surface area contributed by atoms with Crippen LogP contribution in [0.1, 0.15) is 30.5 Å². The van der Waals surface area contributed by atoms with E-state index in [1.807, 2.05) is 0 Å². The molecule has 150 valence electrons. The van der Waals surface area contributed by atoms with E-state index in [2.05, 4.69) is 99.6 Å². The van der Waals surface area contributed by atoms with E-state index >= 15 is 0 Å². The highest BCUT2D eigenvalue weighted by molar-refractivity contribution is 6.32. The Morgan fingerprint density at radius 3 is 2.06 bits per heavy atom. The highest BCUT2D eigenvalue weighted by Crippen LogP contribution is 2.57. The van der Waals surface area contributed by atoms with Gasteiger partial charge in [0.1, 0.15) is 0 Å². The van der Waals surface area contributed by atoms with Crippen molar-refractivity contribution in [3.63, 3.8) is 0 Å². The van der Waals surface area contributed by atoms with Crippen molar-refractivity contribution in [2.24, 2.45) is 0 Å². The molecule has 0 fully saturated rings. The maximum Gasteiger partial charge on any atom is 0.0159 e. The topological polar surface area (TPSA) is 0 Å². The van der Waals surface area contributed by atoms with E-state index in [0.29, 0.717) is 0 Å². The monoisotopic (exact) mass is 406 g/mol. The molecular formula is C32H22. The minimum atomic E-state index is 0.0211. The molecule has 0 N–H and O–H groups in total. The standard InChI is InChI=1S/C32H22/c1-17-7-12-27-24(13-17)25-15-22-23(16-28(25)32(27,2)3)21-11-10-19-9-8-18-5-4-6-20-14-26(22)31(21)30(19)29(18)20/h4-16H,1-3H3. The molecule has 0 saturated heterocycles. The quantitative estimate of drug-likeness (QED) is 0.221. The zero-order chi connectivity index (χ0) is 21.4. The van der Waals surface area contributed by atoms with Crippen molar-refractivity contribution < 1.29 is 0 Å². The Balaban J connectivity index is 1.55. The maximum atomic E-state index is 2.50. The van der Waals surface area contributed by atoms with Gasteiger partial charge in [-0.3, -0.25) is 0 Å². The van der Waals surface area contributed by atoms with Gasteiger partial charge in [-0.2, -0.15) is 0 Å². The Morgan fingerprint density at radius 1 is 0.469 bits per heavy atom. The molecule has 0 spiro atoms. The van der Waals surface area contributed by atoms with Crippen LogP contribution in [0.2, 0.25) is 0 Å². The summed E-state index contributed by atoms with van der Waals surface area (Å²) in [5.41, 5.74) is 12.7. The van der Waals surface area contributed by atoms with Crippen molar-refractivity contribution in [1.82, 2.24) is 0 Å². The summed E-state index contributed by atoms with van der Waals surface area (Å²) < 4.78 is 0. The van der Waals surface area contributed by atoms with Crippen LogP contribution in [0.25, 0.3) is 65.7 Å². The molecule has 6 aromatic carbocycles. The molecule has 0 saturated carbocycles. The van der Waals surface area contributed by atoms with Gasteiger partial charge in [-0.15, -0.1) is 0 Å². The van der Waals surface area contributed by atoms with Crippen molar-refractivity contribution in [1.29, 1.82) is 0 Å². The fourth-order valence-electron chi connectivity index (χ4n) is 6.64. The summed E-state index contributed by atoms with van der Waals surface area (Å²) in [6, 6.07) is 30.3. The van der Waals surface area contributed by atoms with Crippen LogP contribution in [0.3, 0.4) is 0 Å². The number of benzene rings is 6. The van der Waals surface area contributed by atoms with Gasteiger partial charge >= 0.3 is 0 Å². The molecule has 0 aromatic heterocycles. The molecule has 0 amide bonds. The summed E-state index contributed by atoms with van der Waals surface area (Å²) in [5.74, 6) is 0. The van der Waals surface area contributed by atoms with Gasteiger partial charge < -0.3 is 0 Å². The maximum absolute atomic E-state index is 2.50. The van der Waals surface area contributed by atoms with Gasteiger partial charge in [-0.1, -0.05) is 80.1 Å². The minimum absolute atomic E-state index is 0.0211. The zero-order valence-corrected chi connectivity index (χ0v) is 18.5. The molecule has 0 heterocycles. The Morgan fingerprint density at radius 2 is 1.19 bits per heavy atom. The van der Waals surface area contributed by atoms with Crippen LogP contribution in [-0.2, 0) is 5.41 Å². The average molecular weight is 407 g/mol. The highest BCUT2D eigenvalue weighted by Gasteiger charge is 2.37. The lowest BCUT2D eigenvalue weighted by Gasteiger charge is -2.22. The molecule has 0 unspecified atom stereocenters. The second-order valence-corrected chi connectivity index (χ2v) is 10.3. The summed E-state index contributed by atoms with van der Waals surface area (Å²) in [7, 11) is 0.